The molecule has 0 aliphatic heterocycles. The Labute approximate surface area is 68.5 Å². The maximum atomic E-state index is 10.5. The lowest BCUT2D eigenvalue weighted by Crippen LogP contribution is -1.95. The van der Waals surface area contributed by atoms with Crippen LogP contribution in [0.4, 0.5) is 0 Å². The molecular weight excluding hydrogens is 136 g/mol. The molecule has 0 aromatic rings. The molecule has 1 heteroatoms. The molecule has 1 aliphatic rings. The Hall–Kier alpha value is -0.590. The summed E-state index contributed by atoms with van der Waals surface area (Å²) >= 11 is 0. The predicted octanol–water partition coefficient (Wildman–Crippen LogP) is 2.71. The molecular formula is C10H16O. The van der Waals surface area contributed by atoms with Crippen molar-refractivity contribution in [2.75, 3.05) is 0 Å². The fourth-order valence-corrected chi connectivity index (χ4v) is 1.87. The zero-order valence-electron chi connectivity index (χ0n) is 7.39. The van der Waals surface area contributed by atoms with E-state index in [1.54, 1.807) is 0 Å². The molecule has 1 nitrogen and oxygen atoms in total. The van der Waals surface area contributed by atoms with Gasteiger partial charge in [0.05, 0.1) is 0 Å². The van der Waals surface area contributed by atoms with Crippen molar-refractivity contribution in [2.45, 2.75) is 39.5 Å². The van der Waals surface area contributed by atoms with Crippen molar-refractivity contribution in [2.24, 2.45) is 5.92 Å². The molecule has 0 saturated heterocycles. The van der Waals surface area contributed by atoms with Gasteiger partial charge in [-0.25, -0.2) is 0 Å². The molecule has 0 spiro atoms. The minimum absolute atomic E-state index is 0.709. The Bertz CT molecular complexity index is 179. The summed E-state index contributed by atoms with van der Waals surface area (Å²) < 4.78 is 0. The van der Waals surface area contributed by atoms with Gasteiger partial charge >= 0.3 is 0 Å². The Balaban J connectivity index is 2.61. The van der Waals surface area contributed by atoms with Gasteiger partial charge in [-0.1, -0.05) is 18.9 Å². The van der Waals surface area contributed by atoms with E-state index in [0.717, 1.165) is 18.3 Å². The van der Waals surface area contributed by atoms with Crippen LogP contribution >= 0.6 is 0 Å². The van der Waals surface area contributed by atoms with E-state index in [1.807, 2.05) is 0 Å². The highest BCUT2D eigenvalue weighted by Crippen LogP contribution is 2.33. The molecule has 0 heterocycles. The van der Waals surface area contributed by atoms with E-state index in [0.29, 0.717) is 5.92 Å². The van der Waals surface area contributed by atoms with Crippen molar-refractivity contribution < 1.29 is 4.79 Å². The van der Waals surface area contributed by atoms with Gasteiger partial charge in [-0.05, 0) is 37.7 Å². The number of allylic oxidation sites excluding steroid dienone is 2. The molecule has 0 radical (unpaired) electrons. The molecule has 0 aromatic heterocycles. The van der Waals surface area contributed by atoms with E-state index >= 15 is 0 Å². The predicted molar refractivity (Wildman–Crippen MR) is 46.4 cm³/mol. The summed E-state index contributed by atoms with van der Waals surface area (Å²) in [7, 11) is 0. The third kappa shape index (κ3) is 1.70. The first-order valence-electron chi connectivity index (χ1n) is 4.44. The maximum absolute atomic E-state index is 10.5. The zero-order chi connectivity index (χ0) is 8.27. The van der Waals surface area contributed by atoms with Crippen LogP contribution in [0.5, 0.6) is 0 Å². The molecule has 1 rings (SSSR count). The molecule has 0 fully saturated rings. The molecule has 0 aromatic carbocycles. The number of rotatable bonds is 3. The summed E-state index contributed by atoms with van der Waals surface area (Å²) in [6.07, 6.45) is 5.73. The Morgan fingerprint density at radius 1 is 1.64 bits per heavy atom. The van der Waals surface area contributed by atoms with Gasteiger partial charge in [-0.2, -0.15) is 0 Å². The molecule has 62 valence electrons. The maximum Gasteiger partial charge on any atom is 0.145 e. The van der Waals surface area contributed by atoms with Crippen LogP contribution < -0.4 is 0 Å². The summed E-state index contributed by atoms with van der Waals surface area (Å²) in [6, 6.07) is 0. The average molecular weight is 152 g/mol. The van der Waals surface area contributed by atoms with Crippen LogP contribution in [-0.4, -0.2) is 6.29 Å². The van der Waals surface area contributed by atoms with Crippen LogP contribution in [0.25, 0.3) is 0 Å². The third-order valence-corrected chi connectivity index (χ3v) is 2.66. The molecule has 0 saturated carbocycles. The molecule has 0 amide bonds. The lowest BCUT2D eigenvalue weighted by Gasteiger charge is -2.08. The van der Waals surface area contributed by atoms with E-state index in [2.05, 4.69) is 13.8 Å². The quantitative estimate of drug-likeness (QED) is 0.568. The van der Waals surface area contributed by atoms with Crippen molar-refractivity contribution in [3.63, 3.8) is 0 Å². The second kappa shape index (κ2) is 3.70. The minimum atomic E-state index is 0.709. The SMILES string of the molecule is CCCC1CCC(C=O)=C1C. The molecule has 1 unspecified atom stereocenters. The molecule has 1 atom stereocenters. The highest BCUT2D eigenvalue weighted by Gasteiger charge is 2.20. The van der Waals surface area contributed by atoms with Gasteiger partial charge in [-0.3, -0.25) is 4.79 Å². The summed E-state index contributed by atoms with van der Waals surface area (Å²) in [4.78, 5) is 10.5. The summed E-state index contributed by atoms with van der Waals surface area (Å²) in [6.45, 7) is 4.31. The van der Waals surface area contributed by atoms with Gasteiger partial charge in [-0.15, -0.1) is 0 Å². The van der Waals surface area contributed by atoms with E-state index in [1.165, 1.54) is 24.8 Å². The largest absolute Gasteiger partial charge is 0.298 e. The monoisotopic (exact) mass is 152 g/mol. The second-order valence-corrected chi connectivity index (χ2v) is 3.35. The summed E-state index contributed by atoms with van der Waals surface area (Å²) in [5.74, 6) is 0.709. The van der Waals surface area contributed by atoms with Gasteiger partial charge in [0.2, 0.25) is 0 Å². The lowest BCUT2D eigenvalue weighted by molar-refractivity contribution is -0.105. The van der Waals surface area contributed by atoms with Crippen molar-refractivity contribution in [3.8, 4) is 0 Å². The Morgan fingerprint density at radius 2 is 2.36 bits per heavy atom. The Kier molecular flexibility index (Phi) is 2.86. The molecule has 0 N–H and O–H groups in total. The van der Waals surface area contributed by atoms with E-state index < -0.39 is 0 Å². The van der Waals surface area contributed by atoms with Crippen LogP contribution in [0.3, 0.4) is 0 Å². The summed E-state index contributed by atoms with van der Waals surface area (Å²) in [5.41, 5.74) is 2.41. The van der Waals surface area contributed by atoms with Crippen molar-refractivity contribution >= 4 is 6.29 Å². The van der Waals surface area contributed by atoms with E-state index in [-0.39, 0.29) is 0 Å². The number of carbonyl (C=O) groups excluding carboxylic acids is 1. The summed E-state index contributed by atoms with van der Waals surface area (Å²) in [5, 5.41) is 0. The fourth-order valence-electron chi connectivity index (χ4n) is 1.87. The lowest BCUT2D eigenvalue weighted by atomic mass is 9.97. The number of carbonyl (C=O) groups is 1. The van der Waals surface area contributed by atoms with Gasteiger partial charge < -0.3 is 0 Å². The van der Waals surface area contributed by atoms with E-state index in [4.69, 9.17) is 0 Å². The van der Waals surface area contributed by atoms with Crippen molar-refractivity contribution in [1.29, 1.82) is 0 Å². The molecule has 1 aliphatic carbocycles. The minimum Gasteiger partial charge on any atom is -0.298 e. The highest BCUT2D eigenvalue weighted by atomic mass is 16.1. The first-order valence-corrected chi connectivity index (χ1v) is 4.44. The van der Waals surface area contributed by atoms with Crippen molar-refractivity contribution in [3.05, 3.63) is 11.1 Å². The van der Waals surface area contributed by atoms with Crippen LogP contribution in [0.15, 0.2) is 11.1 Å². The fraction of sp³-hybridized carbons (Fsp3) is 0.700. The standard InChI is InChI=1S/C10H16O/c1-3-4-9-5-6-10(7-11)8(9)2/h7,9H,3-6H2,1-2H3. The third-order valence-electron chi connectivity index (χ3n) is 2.66. The zero-order valence-corrected chi connectivity index (χ0v) is 7.39. The topological polar surface area (TPSA) is 17.1 Å². The van der Waals surface area contributed by atoms with Crippen LogP contribution in [-0.2, 0) is 4.79 Å². The van der Waals surface area contributed by atoms with Gasteiger partial charge in [0.25, 0.3) is 0 Å². The van der Waals surface area contributed by atoms with Gasteiger partial charge in [0.1, 0.15) is 6.29 Å². The number of hydrogen-bond acceptors (Lipinski definition) is 1. The number of hydrogen-bond donors (Lipinski definition) is 0. The first-order chi connectivity index (χ1) is 5.29. The van der Waals surface area contributed by atoms with Crippen LogP contribution in [0.1, 0.15) is 39.5 Å². The van der Waals surface area contributed by atoms with Crippen molar-refractivity contribution in [1.82, 2.24) is 0 Å². The smallest absolute Gasteiger partial charge is 0.145 e. The second-order valence-electron chi connectivity index (χ2n) is 3.35. The first kappa shape index (κ1) is 8.51. The van der Waals surface area contributed by atoms with E-state index in [9.17, 15) is 4.79 Å². The van der Waals surface area contributed by atoms with Gasteiger partial charge in [0.15, 0.2) is 0 Å². The highest BCUT2D eigenvalue weighted by molar-refractivity contribution is 5.75. The molecule has 0 bridgehead atoms. The normalized spacial score (nSPS) is 24.4. The number of aldehydes is 1. The van der Waals surface area contributed by atoms with Crippen LogP contribution in [0, 0.1) is 5.92 Å². The Morgan fingerprint density at radius 3 is 2.82 bits per heavy atom. The van der Waals surface area contributed by atoms with Crippen LogP contribution in [0.2, 0.25) is 0 Å². The van der Waals surface area contributed by atoms with Gasteiger partial charge in [0, 0.05) is 0 Å². The average Bonchev–Trinajstić information content (AvgIpc) is 2.34. The molecule has 11 heavy (non-hydrogen) atoms.